The van der Waals surface area contributed by atoms with Gasteiger partial charge in [0.15, 0.2) is 0 Å². The average Bonchev–Trinajstić information content (AvgIpc) is 2.41. The Hall–Kier alpha value is -1.36. The summed E-state index contributed by atoms with van der Waals surface area (Å²) in [5.74, 6) is 2.20. The minimum Gasteiger partial charge on any atom is -0.397 e. The van der Waals surface area contributed by atoms with E-state index in [-0.39, 0.29) is 5.91 Å². The van der Waals surface area contributed by atoms with E-state index in [1.54, 1.807) is 12.1 Å². The number of anilines is 2. The zero-order valence-electron chi connectivity index (χ0n) is 12.5. The first-order valence-corrected chi connectivity index (χ1v) is 8.25. The predicted molar refractivity (Wildman–Crippen MR) is 89.6 cm³/mol. The highest BCUT2D eigenvalue weighted by Crippen LogP contribution is 2.21. The van der Waals surface area contributed by atoms with Crippen molar-refractivity contribution in [1.82, 2.24) is 5.32 Å². The van der Waals surface area contributed by atoms with E-state index in [1.165, 1.54) is 0 Å². The van der Waals surface area contributed by atoms with Crippen molar-refractivity contribution in [2.24, 2.45) is 0 Å². The second-order valence-corrected chi connectivity index (χ2v) is 6.09. The van der Waals surface area contributed by atoms with Gasteiger partial charge in [-0.1, -0.05) is 6.92 Å². The molecule has 1 amide bonds. The summed E-state index contributed by atoms with van der Waals surface area (Å²) in [6.07, 6.45) is 1.09. The van der Waals surface area contributed by atoms with Crippen LogP contribution in [0.4, 0.5) is 11.4 Å². The van der Waals surface area contributed by atoms with E-state index < -0.39 is 0 Å². The van der Waals surface area contributed by atoms with Crippen LogP contribution in [0, 0.1) is 0 Å². The van der Waals surface area contributed by atoms with E-state index in [1.807, 2.05) is 24.8 Å². The second kappa shape index (κ2) is 8.74. The van der Waals surface area contributed by atoms with E-state index in [0.29, 0.717) is 23.8 Å². The summed E-state index contributed by atoms with van der Waals surface area (Å²) in [7, 11) is 0. The van der Waals surface area contributed by atoms with Crippen LogP contribution in [0.25, 0.3) is 0 Å². The molecular formula is C15H25N3OS. The highest BCUT2D eigenvalue weighted by atomic mass is 32.2. The van der Waals surface area contributed by atoms with Crippen LogP contribution in [0.15, 0.2) is 18.2 Å². The van der Waals surface area contributed by atoms with Crippen LogP contribution < -0.4 is 16.4 Å². The highest BCUT2D eigenvalue weighted by molar-refractivity contribution is 7.99. The number of carbonyl (C=O) groups is 1. The first kappa shape index (κ1) is 16.7. The van der Waals surface area contributed by atoms with E-state index in [4.69, 9.17) is 5.73 Å². The molecule has 5 heteroatoms. The van der Waals surface area contributed by atoms with Crippen LogP contribution in [0.1, 0.15) is 37.6 Å². The van der Waals surface area contributed by atoms with Gasteiger partial charge in [0.05, 0.1) is 11.4 Å². The molecule has 1 aromatic rings. The maximum Gasteiger partial charge on any atom is 0.251 e. The molecule has 0 aliphatic heterocycles. The van der Waals surface area contributed by atoms with E-state index >= 15 is 0 Å². The van der Waals surface area contributed by atoms with Gasteiger partial charge >= 0.3 is 0 Å². The fraction of sp³-hybridized carbons (Fsp3) is 0.533. The molecule has 1 aromatic carbocycles. The number of hydrogen-bond acceptors (Lipinski definition) is 4. The van der Waals surface area contributed by atoms with Crippen molar-refractivity contribution in [1.29, 1.82) is 0 Å². The second-order valence-electron chi connectivity index (χ2n) is 4.69. The number of nitrogen functional groups attached to an aromatic ring is 1. The lowest BCUT2D eigenvalue weighted by Gasteiger charge is -2.17. The molecule has 20 heavy (non-hydrogen) atoms. The molecular weight excluding hydrogens is 270 g/mol. The van der Waals surface area contributed by atoms with Crippen molar-refractivity contribution in [3.05, 3.63) is 23.8 Å². The molecule has 4 nitrogen and oxygen atoms in total. The maximum atomic E-state index is 11.7. The zero-order chi connectivity index (χ0) is 15.0. The van der Waals surface area contributed by atoms with Gasteiger partial charge in [-0.2, -0.15) is 11.8 Å². The Morgan fingerprint density at radius 3 is 2.75 bits per heavy atom. The normalized spacial score (nSPS) is 11.9. The van der Waals surface area contributed by atoms with Crippen LogP contribution in [0.2, 0.25) is 0 Å². The fourth-order valence-corrected chi connectivity index (χ4v) is 2.65. The Balaban J connectivity index is 2.61. The molecule has 0 bridgehead atoms. The smallest absolute Gasteiger partial charge is 0.251 e. The molecule has 0 saturated heterocycles. The number of nitrogens with two attached hydrogens (primary N) is 1. The molecule has 4 N–H and O–H groups in total. The molecule has 0 heterocycles. The minimum atomic E-state index is -0.0851. The van der Waals surface area contributed by atoms with Crippen LogP contribution in [0.5, 0.6) is 0 Å². The Morgan fingerprint density at radius 1 is 1.40 bits per heavy atom. The van der Waals surface area contributed by atoms with Crippen molar-refractivity contribution in [2.45, 2.75) is 33.2 Å². The molecule has 112 valence electrons. The number of thioether (sulfide) groups is 1. The summed E-state index contributed by atoms with van der Waals surface area (Å²) < 4.78 is 0. The third-order valence-corrected chi connectivity index (χ3v) is 3.88. The Labute approximate surface area is 125 Å². The fourth-order valence-electron chi connectivity index (χ4n) is 1.84. The summed E-state index contributed by atoms with van der Waals surface area (Å²) >= 11 is 1.94. The molecule has 0 saturated carbocycles. The molecule has 0 aromatic heterocycles. The Kier molecular flexibility index (Phi) is 7.30. The Morgan fingerprint density at radius 2 is 2.15 bits per heavy atom. The molecule has 1 rings (SSSR count). The predicted octanol–water partition coefficient (Wildman–Crippen LogP) is 2.96. The molecule has 0 aliphatic rings. The molecule has 0 fully saturated rings. The number of rotatable bonds is 8. The first-order valence-electron chi connectivity index (χ1n) is 7.10. The quantitative estimate of drug-likeness (QED) is 0.509. The van der Waals surface area contributed by atoms with Crippen LogP contribution in [-0.4, -0.2) is 30.0 Å². The number of benzene rings is 1. The maximum absolute atomic E-state index is 11.7. The van der Waals surface area contributed by atoms with Gasteiger partial charge in [-0.15, -0.1) is 0 Å². The SMILES string of the molecule is CCNC(=O)c1ccc(NC(C)CCSCC)c(N)c1. The largest absolute Gasteiger partial charge is 0.397 e. The Bertz CT molecular complexity index is 437. The topological polar surface area (TPSA) is 67.2 Å². The van der Waals surface area contributed by atoms with Gasteiger partial charge in [0.1, 0.15) is 0 Å². The molecule has 0 aliphatic carbocycles. The van der Waals surface area contributed by atoms with Crippen LogP contribution in [-0.2, 0) is 0 Å². The molecule has 1 unspecified atom stereocenters. The van der Waals surface area contributed by atoms with Crippen LogP contribution >= 0.6 is 11.8 Å². The lowest BCUT2D eigenvalue weighted by Crippen LogP contribution is -2.23. The van der Waals surface area contributed by atoms with Crippen molar-refractivity contribution < 1.29 is 4.79 Å². The van der Waals surface area contributed by atoms with Gasteiger partial charge in [0.2, 0.25) is 0 Å². The summed E-state index contributed by atoms with van der Waals surface area (Å²) in [6.45, 7) is 6.83. The summed E-state index contributed by atoms with van der Waals surface area (Å²) in [4.78, 5) is 11.7. The first-order chi connectivity index (χ1) is 9.58. The number of hydrogen-bond donors (Lipinski definition) is 3. The third-order valence-electron chi connectivity index (χ3n) is 2.95. The van der Waals surface area contributed by atoms with Gasteiger partial charge in [-0.25, -0.2) is 0 Å². The van der Waals surface area contributed by atoms with Gasteiger partial charge in [0.25, 0.3) is 5.91 Å². The van der Waals surface area contributed by atoms with Gasteiger partial charge < -0.3 is 16.4 Å². The summed E-state index contributed by atoms with van der Waals surface area (Å²) in [6, 6.07) is 5.77. The zero-order valence-corrected chi connectivity index (χ0v) is 13.3. The molecule has 1 atom stereocenters. The van der Waals surface area contributed by atoms with Crippen molar-refractivity contribution in [2.75, 3.05) is 29.1 Å². The van der Waals surface area contributed by atoms with Gasteiger partial charge in [0, 0.05) is 18.2 Å². The van der Waals surface area contributed by atoms with Crippen molar-refractivity contribution >= 4 is 29.0 Å². The van der Waals surface area contributed by atoms with Gasteiger partial charge in [-0.05, 0) is 50.0 Å². The average molecular weight is 295 g/mol. The van der Waals surface area contributed by atoms with Gasteiger partial charge in [-0.3, -0.25) is 4.79 Å². The summed E-state index contributed by atoms with van der Waals surface area (Å²) in [5, 5.41) is 6.16. The highest BCUT2D eigenvalue weighted by Gasteiger charge is 2.09. The van der Waals surface area contributed by atoms with E-state index in [9.17, 15) is 4.79 Å². The monoisotopic (exact) mass is 295 g/mol. The third kappa shape index (κ3) is 5.33. The lowest BCUT2D eigenvalue weighted by molar-refractivity contribution is 0.0956. The number of carbonyl (C=O) groups excluding carboxylic acids is 1. The van der Waals surface area contributed by atoms with Crippen molar-refractivity contribution in [3.63, 3.8) is 0 Å². The standard InChI is InChI=1S/C15H25N3OS/c1-4-17-15(19)12-6-7-14(13(16)10-12)18-11(3)8-9-20-5-2/h6-7,10-11,18H,4-5,8-9,16H2,1-3H3,(H,17,19). The van der Waals surface area contributed by atoms with E-state index in [2.05, 4.69) is 24.5 Å². The summed E-state index contributed by atoms with van der Waals surface area (Å²) in [5.41, 5.74) is 8.12. The molecule has 0 radical (unpaired) electrons. The van der Waals surface area contributed by atoms with Crippen LogP contribution in [0.3, 0.4) is 0 Å². The molecule has 0 spiro atoms. The van der Waals surface area contributed by atoms with Crippen molar-refractivity contribution in [3.8, 4) is 0 Å². The number of nitrogens with one attached hydrogen (secondary N) is 2. The number of amides is 1. The minimum absolute atomic E-state index is 0.0851. The van der Waals surface area contributed by atoms with E-state index in [0.717, 1.165) is 23.6 Å². The lowest BCUT2D eigenvalue weighted by atomic mass is 10.1.